The fourth-order valence-corrected chi connectivity index (χ4v) is 6.40. The van der Waals surface area contributed by atoms with E-state index in [4.69, 9.17) is 15.2 Å². The molecule has 4 atom stereocenters. The molecular formula is C30H34F2N6O3. The first-order valence-electron chi connectivity index (χ1n) is 13.9. The number of aliphatic hydroxyl groups is 1. The van der Waals surface area contributed by atoms with Gasteiger partial charge in [0.2, 0.25) is 5.95 Å². The maximum atomic E-state index is 15.4. The van der Waals surface area contributed by atoms with Crippen LogP contribution < -0.4 is 11.1 Å². The SMILES string of the molecule is CO[C@H]1[C@H](N)C[C@H](c2ccncc2Nc2ncc3ccc(-c4c(F)cc(C5(O)CCOCC5)cc4F)nn23)C[C@@H]1C. The van der Waals surface area contributed by atoms with Crippen LogP contribution in [-0.4, -0.2) is 57.2 Å². The topological polar surface area (TPSA) is 120 Å². The summed E-state index contributed by atoms with van der Waals surface area (Å²) in [5, 5.41) is 18.8. The molecule has 1 saturated heterocycles. The van der Waals surface area contributed by atoms with E-state index in [0.717, 1.165) is 24.1 Å². The lowest BCUT2D eigenvalue weighted by molar-refractivity contribution is -0.0682. The fraction of sp³-hybridized carbons (Fsp3) is 0.433. The van der Waals surface area contributed by atoms with Crippen LogP contribution in [0.3, 0.4) is 0 Å². The second kappa shape index (κ2) is 11.1. The number of rotatable bonds is 6. The number of halogens is 2. The molecule has 0 amide bonds. The number of methoxy groups -OCH3 is 1. The van der Waals surface area contributed by atoms with Gasteiger partial charge in [0.1, 0.15) is 11.6 Å². The maximum absolute atomic E-state index is 15.4. The molecule has 1 aliphatic heterocycles. The molecule has 4 aromatic rings. The van der Waals surface area contributed by atoms with Crippen molar-refractivity contribution < 1.29 is 23.4 Å². The number of hydrogen-bond donors (Lipinski definition) is 3. The minimum absolute atomic E-state index is 0.0119. The number of ether oxygens (including phenoxy) is 2. The Morgan fingerprint density at radius 1 is 1.12 bits per heavy atom. The van der Waals surface area contributed by atoms with Crippen LogP contribution >= 0.6 is 0 Å². The number of fused-ring (bicyclic) bond motifs is 1. The van der Waals surface area contributed by atoms with E-state index in [1.54, 1.807) is 37.8 Å². The lowest BCUT2D eigenvalue weighted by Gasteiger charge is -2.38. The number of nitrogens with two attached hydrogens (primary N) is 1. The molecule has 2 fully saturated rings. The summed E-state index contributed by atoms with van der Waals surface area (Å²) in [5.41, 5.74) is 7.62. The van der Waals surface area contributed by atoms with Gasteiger partial charge in [0, 0.05) is 45.4 Å². The predicted octanol–water partition coefficient (Wildman–Crippen LogP) is 4.67. The van der Waals surface area contributed by atoms with Crippen molar-refractivity contribution in [3.05, 3.63) is 71.7 Å². The van der Waals surface area contributed by atoms with E-state index in [1.165, 1.54) is 16.6 Å². The lowest BCUT2D eigenvalue weighted by Crippen LogP contribution is -2.45. The number of nitrogens with zero attached hydrogens (tertiary/aromatic N) is 4. The summed E-state index contributed by atoms with van der Waals surface area (Å²) in [6.07, 6.45) is 7.35. The normalized spacial score (nSPS) is 24.4. The Balaban J connectivity index is 1.32. The van der Waals surface area contributed by atoms with Gasteiger partial charge in [-0.2, -0.15) is 9.61 Å². The Labute approximate surface area is 236 Å². The third kappa shape index (κ3) is 5.19. The summed E-state index contributed by atoms with van der Waals surface area (Å²) in [4.78, 5) is 8.79. The van der Waals surface area contributed by atoms with Crippen molar-refractivity contribution in [1.82, 2.24) is 19.6 Å². The first-order chi connectivity index (χ1) is 19.8. The third-order valence-electron chi connectivity index (χ3n) is 8.55. The molecule has 1 aromatic carbocycles. The van der Waals surface area contributed by atoms with Gasteiger partial charge in [0.25, 0.3) is 0 Å². The number of imidazole rings is 1. The molecule has 0 bridgehead atoms. The van der Waals surface area contributed by atoms with Gasteiger partial charge in [-0.15, -0.1) is 0 Å². The summed E-state index contributed by atoms with van der Waals surface area (Å²) >= 11 is 0. The maximum Gasteiger partial charge on any atom is 0.229 e. The summed E-state index contributed by atoms with van der Waals surface area (Å²) in [5.74, 6) is -0.734. The summed E-state index contributed by atoms with van der Waals surface area (Å²) < 4.78 is 43.2. The Kier molecular flexibility index (Phi) is 7.45. The smallest absolute Gasteiger partial charge is 0.229 e. The Hall–Kier alpha value is -3.51. The van der Waals surface area contributed by atoms with Crippen LogP contribution in [0, 0.1) is 17.6 Å². The molecular weight excluding hydrogens is 530 g/mol. The van der Waals surface area contributed by atoms with Gasteiger partial charge in [-0.25, -0.2) is 13.8 Å². The van der Waals surface area contributed by atoms with Gasteiger partial charge >= 0.3 is 0 Å². The van der Waals surface area contributed by atoms with Crippen molar-refractivity contribution in [2.75, 3.05) is 25.6 Å². The first kappa shape index (κ1) is 27.6. The quantitative estimate of drug-likeness (QED) is 0.309. The van der Waals surface area contributed by atoms with E-state index in [-0.39, 0.29) is 53.6 Å². The zero-order valence-electron chi connectivity index (χ0n) is 23.1. The molecule has 41 heavy (non-hydrogen) atoms. The molecule has 0 radical (unpaired) electrons. The van der Waals surface area contributed by atoms with Crippen molar-refractivity contribution in [3.63, 3.8) is 0 Å². The van der Waals surface area contributed by atoms with Crippen LogP contribution in [0.25, 0.3) is 16.8 Å². The van der Waals surface area contributed by atoms with Gasteiger partial charge in [-0.3, -0.25) is 4.98 Å². The van der Waals surface area contributed by atoms with E-state index in [1.807, 2.05) is 6.07 Å². The molecule has 4 heterocycles. The van der Waals surface area contributed by atoms with E-state index < -0.39 is 17.2 Å². The number of anilines is 2. The Morgan fingerprint density at radius 2 is 1.88 bits per heavy atom. The standard InChI is InChI=1S/C30H34F2N6O3/c1-17-11-18(12-24(33)28(17)40-2)21-5-8-34-16-26(21)36-29-35-15-20-3-4-25(37-38(20)29)27-22(31)13-19(14-23(27)32)30(39)6-9-41-10-7-30/h3-5,8,13-18,24,28,39H,6-7,9-12,33H2,1-2H3,(H,35,36)/t17-,18+,24+,28+/m0/s1. The van der Waals surface area contributed by atoms with Crippen molar-refractivity contribution in [2.24, 2.45) is 11.7 Å². The molecule has 216 valence electrons. The molecule has 3 aromatic heterocycles. The highest BCUT2D eigenvalue weighted by molar-refractivity contribution is 5.66. The zero-order valence-corrected chi connectivity index (χ0v) is 23.1. The van der Waals surface area contributed by atoms with E-state index in [0.29, 0.717) is 24.7 Å². The Bertz CT molecular complexity index is 1520. The van der Waals surface area contributed by atoms with Crippen LogP contribution in [0.2, 0.25) is 0 Å². The molecule has 0 unspecified atom stereocenters. The number of pyridine rings is 1. The molecule has 2 aliphatic rings. The molecule has 1 saturated carbocycles. The lowest BCUT2D eigenvalue weighted by atomic mass is 9.74. The molecule has 4 N–H and O–H groups in total. The van der Waals surface area contributed by atoms with Gasteiger partial charge in [-0.05, 0) is 66.1 Å². The molecule has 1 aliphatic carbocycles. The van der Waals surface area contributed by atoms with Crippen molar-refractivity contribution in [1.29, 1.82) is 0 Å². The van der Waals surface area contributed by atoms with Crippen molar-refractivity contribution >= 4 is 17.2 Å². The third-order valence-corrected chi connectivity index (χ3v) is 8.55. The highest BCUT2D eigenvalue weighted by atomic mass is 19.1. The second-order valence-corrected chi connectivity index (χ2v) is 11.2. The summed E-state index contributed by atoms with van der Waals surface area (Å²) in [7, 11) is 1.70. The second-order valence-electron chi connectivity index (χ2n) is 11.2. The monoisotopic (exact) mass is 564 g/mol. The number of aromatic nitrogens is 4. The van der Waals surface area contributed by atoms with Gasteiger partial charge < -0.3 is 25.6 Å². The van der Waals surface area contributed by atoms with Gasteiger partial charge in [0.15, 0.2) is 0 Å². The van der Waals surface area contributed by atoms with Crippen LogP contribution in [0.15, 0.2) is 48.9 Å². The predicted molar refractivity (Wildman–Crippen MR) is 150 cm³/mol. The van der Waals surface area contributed by atoms with Gasteiger partial charge in [0.05, 0.1) is 46.6 Å². The average molecular weight is 565 g/mol. The van der Waals surface area contributed by atoms with Crippen LogP contribution in [0.4, 0.5) is 20.4 Å². The Morgan fingerprint density at radius 3 is 2.59 bits per heavy atom. The first-order valence-corrected chi connectivity index (χ1v) is 13.9. The molecule has 0 spiro atoms. The van der Waals surface area contributed by atoms with E-state index in [2.05, 4.69) is 27.3 Å². The van der Waals surface area contributed by atoms with Gasteiger partial charge in [-0.1, -0.05) is 6.92 Å². The minimum Gasteiger partial charge on any atom is -0.385 e. The average Bonchev–Trinajstić information content (AvgIpc) is 3.35. The summed E-state index contributed by atoms with van der Waals surface area (Å²) in [6, 6.07) is 7.53. The van der Waals surface area contributed by atoms with Crippen LogP contribution in [-0.2, 0) is 15.1 Å². The number of benzene rings is 1. The minimum atomic E-state index is -1.33. The van der Waals surface area contributed by atoms with Crippen molar-refractivity contribution in [2.45, 2.75) is 56.3 Å². The zero-order chi connectivity index (χ0) is 28.7. The molecule has 11 heteroatoms. The molecule has 9 nitrogen and oxygen atoms in total. The number of hydrogen-bond acceptors (Lipinski definition) is 8. The number of nitrogens with one attached hydrogen (secondary N) is 1. The van der Waals surface area contributed by atoms with E-state index in [9.17, 15) is 5.11 Å². The summed E-state index contributed by atoms with van der Waals surface area (Å²) in [6.45, 7) is 2.81. The highest BCUT2D eigenvalue weighted by Gasteiger charge is 2.36. The largest absolute Gasteiger partial charge is 0.385 e. The van der Waals surface area contributed by atoms with Crippen LogP contribution in [0.5, 0.6) is 0 Å². The van der Waals surface area contributed by atoms with E-state index >= 15 is 8.78 Å². The molecule has 6 rings (SSSR count). The van der Waals surface area contributed by atoms with Crippen LogP contribution in [0.1, 0.15) is 49.7 Å². The van der Waals surface area contributed by atoms with Crippen molar-refractivity contribution in [3.8, 4) is 11.3 Å². The highest BCUT2D eigenvalue weighted by Crippen LogP contribution is 2.40. The fourth-order valence-electron chi connectivity index (χ4n) is 6.40.